The van der Waals surface area contributed by atoms with Crippen LogP contribution in [0, 0.1) is 0 Å². The zero-order valence-corrected chi connectivity index (χ0v) is 15.4. The van der Waals surface area contributed by atoms with E-state index in [1.165, 1.54) is 10.6 Å². The van der Waals surface area contributed by atoms with Crippen LogP contribution in [0.5, 0.6) is 5.75 Å². The van der Waals surface area contributed by atoms with Crippen molar-refractivity contribution >= 4 is 15.7 Å². The van der Waals surface area contributed by atoms with Gasteiger partial charge in [0.2, 0.25) is 10.0 Å². The summed E-state index contributed by atoms with van der Waals surface area (Å²) in [4.78, 5) is 2.21. The van der Waals surface area contributed by atoms with E-state index in [2.05, 4.69) is 10.2 Å². The molecule has 0 amide bonds. The molecule has 0 aliphatic carbocycles. The minimum Gasteiger partial charge on any atom is -0.495 e. The molecule has 1 aromatic carbocycles. The lowest BCUT2D eigenvalue weighted by Gasteiger charge is -2.30. The Bertz CT molecular complexity index is 630. The maximum Gasteiger partial charge on any atom is 0.232 e. The average molecular weight is 357 g/mol. The lowest BCUT2D eigenvalue weighted by atomic mass is 10.2. The monoisotopic (exact) mass is 357 g/mol. The van der Waals surface area contributed by atoms with Gasteiger partial charge in [-0.2, -0.15) is 0 Å². The molecule has 0 bridgehead atoms. The normalized spacial score (nSPS) is 16.1. The van der Waals surface area contributed by atoms with Crippen molar-refractivity contribution in [1.82, 2.24) is 10.2 Å². The van der Waals surface area contributed by atoms with E-state index in [1.807, 2.05) is 25.2 Å². The van der Waals surface area contributed by atoms with Crippen molar-refractivity contribution in [2.75, 3.05) is 64.1 Å². The summed E-state index contributed by atoms with van der Waals surface area (Å²) in [6, 6.07) is 5.62. The average Bonchev–Trinajstić information content (AvgIpc) is 2.55. The molecule has 0 aromatic heterocycles. The molecule has 7 nitrogen and oxygen atoms in total. The first-order chi connectivity index (χ1) is 11.5. The molecule has 0 unspecified atom stereocenters. The number of methoxy groups -OCH3 is 1. The Morgan fingerprint density at radius 1 is 1.33 bits per heavy atom. The van der Waals surface area contributed by atoms with Gasteiger partial charge in [0.1, 0.15) is 5.75 Å². The van der Waals surface area contributed by atoms with Crippen LogP contribution in [0.3, 0.4) is 0 Å². The number of hydrogen-bond donors (Lipinski definition) is 1. The van der Waals surface area contributed by atoms with E-state index >= 15 is 0 Å². The molecule has 8 heteroatoms. The largest absolute Gasteiger partial charge is 0.495 e. The number of benzene rings is 1. The number of ether oxygens (including phenoxy) is 2. The van der Waals surface area contributed by atoms with Gasteiger partial charge in [0.25, 0.3) is 0 Å². The lowest BCUT2D eigenvalue weighted by Crippen LogP contribution is -2.43. The van der Waals surface area contributed by atoms with Gasteiger partial charge in [0.15, 0.2) is 0 Å². The molecule has 1 N–H and O–H groups in total. The molecular formula is C16H27N3O4S. The SMILES string of the molecule is CNCc1ccc(OC)c(N(CCN2CCOCC2)S(C)(=O)=O)c1. The van der Waals surface area contributed by atoms with Gasteiger partial charge in [-0.15, -0.1) is 0 Å². The Labute approximate surface area is 144 Å². The van der Waals surface area contributed by atoms with Gasteiger partial charge in [-0.05, 0) is 24.7 Å². The molecule has 136 valence electrons. The summed E-state index contributed by atoms with van der Waals surface area (Å²) in [5, 5.41) is 3.08. The van der Waals surface area contributed by atoms with Crippen LogP contribution < -0.4 is 14.4 Å². The highest BCUT2D eigenvalue weighted by Gasteiger charge is 2.23. The quantitative estimate of drug-likeness (QED) is 0.731. The Hall–Kier alpha value is -1.35. The number of nitrogens with one attached hydrogen (secondary N) is 1. The van der Waals surface area contributed by atoms with Crippen LogP contribution in [0.1, 0.15) is 5.56 Å². The van der Waals surface area contributed by atoms with Crippen LogP contribution in [0.15, 0.2) is 18.2 Å². The van der Waals surface area contributed by atoms with Crippen LogP contribution >= 0.6 is 0 Å². The zero-order chi connectivity index (χ0) is 17.6. The van der Waals surface area contributed by atoms with Gasteiger partial charge in [-0.25, -0.2) is 8.42 Å². The van der Waals surface area contributed by atoms with E-state index < -0.39 is 10.0 Å². The minimum atomic E-state index is -3.41. The van der Waals surface area contributed by atoms with Crippen LogP contribution in [0.2, 0.25) is 0 Å². The Kier molecular flexibility index (Phi) is 6.85. The highest BCUT2D eigenvalue weighted by atomic mass is 32.2. The smallest absolute Gasteiger partial charge is 0.232 e. The third kappa shape index (κ3) is 5.07. The molecule has 1 fully saturated rings. The Morgan fingerprint density at radius 2 is 2.04 bits per heavy atom. The predicted octanol–water partition coefficient (Wildman–Crippen LogP) is 0.513. The summed E-state index contributed by atoms with van der Waals surface area (Å²) in [7, 11) is 0.00431. The van der Waals surface area contributed by atoms with Crippen molar-refractivity contribution in [1.29, 1.82) is 0 Å². The molecule has 0 saturated carbocycles. The molecule has 24 heavy (non-hydrogen) atoms. The van der Waals surface area contributed by atoms with E-state index in [0.717, 1.165) is 18.7 Å². The summed E-state index contributed by atoms with van der Waals surface area (Å²) in [6.07, 6.45) is 1.23. The van der Waals surface area contributed by atoms with Crippen LogP contribution in [-0.4, -0.2) is 73.1 Å². The van der Waals surface area contributed by atoms with Crippen molar-refractivity contribution in [3.8, 4) is 5.75 Å². The summed E-state index contributed by atoms with van der Waals surface area (Å²) < 4.78 is 36.9. The summed E-state index contributed by atoms with van der Waals surface area (Å²) in [5.74, 6) is 0.558. The molecule has 0 radical (unpaired) electrons. The number of morpholine rings is 1. The standard InChI is InChI=1S/C16H27N3O4S/c1-17-13-14-4-5-16(22-2)15(12-14)19(24(3,20)21)7-6-18-8-10-23-11-9-18/h4-5,12,17H,6-11,13H2,1-3H3. The second-order valence-corrected chi connectivity index (χ2v) is 7.73. The van der Waals surface area contributed by atoms with Crippen molar-refractivity contribution in [3.05, 3.63) is 23.8 Å². The van der Waals surface area contributed by atoms with Gasteiger partial charge in [-0.3, -0.25) is 9.21 Å². The molecule has 1 heterocycles. The summed E-state index contributed by atoms with van der Waals surface area (Å²) in [5.41, 5.74) is 1.59. The summed E-state index contributed by atoms with van der Waals surface area (Å²) >= 11 is 0. The first-order valence-corrected chi connectivity index (χ1v) is 9.90. The number of hydrogen-bond acceptors (Lipinski definition) is 6. The van der Waals surface area contributed by atoms with Gasteiger partial charge in [-0.1, -0.05) is 6.07 Å². The third-order valence-corrected chi connectivity index (χ3v) is 5.20. The molecule has 2 rings (SSSR count). The number of rotatable bonds is 8. The minimum absolute atomic E-state index is 0.387. The van der Waals surface area contributed by atoms with Crippen LogP contribution in [-0.2, 0) is 21.3 Å². The van der Waals surface area contributed by atoms with E-state index in [0.29, 0.717) is 44.3 Å². The van der Waals surface area contributed by atoms with Crippen molar-refractivity contribution in [2.24, 2.45) is 0 Å². The Morgan fingerprint density at radius 3 is 2.62 bits per heavy atom. The highest BCUT2D eigenvalue weighted by molar-refractivity contribution is 7.92. The van der Waals surface area contributed by atoms with Gasteiger partial charge < -0.3 is 14.8 Å². The van der Waals surface area contributed by atoms with Crippen LogP contribution in [0.4, 0.5) is 5.69 Å². The number of anilines is 1. The van der Waals surface area contributed by atoms with E-state index in [1.54, 1.807) is 7.11 Å². The molecule has 0 spiro atoms. The Balaban J connectivity index is 2.24. The van der Waals surface area contributed by atoms with Crippen molar-refractivity contribution in [3.63, 3.8) is 0 Å². The number of nitrogens with zero attached hydrogens (tertiary/aromatic N) is 2. The van der Waals surface area contributed by atoms with Gasteiger partial charge >= 0.3 is 0 Å². The molecular weight excluding hydrogens is 330 g/mol. The molecule has 1 saturated heterocycles. The topological polar surface area (TPSA) is 71.1 Å². The van der Waals surface area contributed by atoms with E-state index in [4.69, 9.17) is 9.47 Å². The molecule has 1 aromatic rings. The molecule has 0 atom stereocenters. The van der Waals surface area contributed by atoms with Crippen molar-refractivity contribution < 1.29 is 17.9 Å². The first kappa shape index (κ1) is 19.0. The summed E-state index contributed by atoms with van der Waals surface area (Å²) in [6.45, 7) is 4.76. The lowest BCUT2D eigenvalue weighted by molar-refractivity contribution is 0.0395. The number of sulfonamides is 1. The van der Waals surface area contributed by atoms with E-state index in [9.17, 15) is 8.42 Å². The van der Waals surface area contributed by atoms with Gasteiger partial charge in [0, 0.05) is 32.7 Å². The second kappa shape index (κ2) is 8.66. The van der Waals surface area contributed by atoms with Crippen molar-refractivity contribution in [2.45, 2.75) is 6.54 Å². The fourth-order valence-electron chi connectivity index (χ4n) is 2.77. The maximum atomic E-state index is 12.4. The third-order valence-electron chi connectivity index (χ3n) is 4.02. The first-order valence-electron chi connectivity index (χ1n) is 8.05. The molecule has 1 aliphatic rings. The zero-order valence-electron chi connectivity index (χ0n) is 14.6. The molecule has 1 aliphatic heterocycles. The predicted molar refractivity (Wildman–Crippen MR) is 95.2 cm³/mol. The highest BCUT2D eigenvalue weighted by Crippen LogP contribution is 2.31. The van der Waals surface area contributed by atoms with E-state index in [-0.39, 0.29) is 0 Å². The van der Waals surface area contributed by atoms with Crippen LogP contribution in [0.25, 0.3) is 0 Å². The fraction of sp³-hybridized carbons (Fsp3) is 0.625. The maximum absolute atomic E-state index is 12.4. The fourth-order valence-corrected chi connectivity index (χ4v) is 3.68. The second-order valence-electron chi connectivity index (χ2n) is 5.83. The van der Waals surface area contributed by atoms with Gasteiger partial charge in [0.05, 0.1) is 32.3 Å².